The minimum atomic E-state index is 0. The third kappa shape index (κ3) is 5.09. The van der Waals surface area contributed by atoms with Crippen molar-refractivity contribution in [1.29, 1.82) is 0 Å². The van der Waals surface area contributed by atoms with Gasteiger partial charge in [-0.2, -0.15) is 0 Å². The molecular formula is C20H32IN7. The molecule has 0 radical (unpaired) electrons. The molecule has 1 fully saturated rings. The van der Waals surface area contributed by atoms with Crippen LogP contribution in [0.4, 0.5) is 11.6 Å². The summed E-state index contributed by atoms with van der Waals surface area (Å²) >= 11 is 0. The molecule has 154 valence electrons. The van der Waals surface area contributed by atoms with E-state index in [-0.39, 0.29) is 24.0 Å². The lowest BCUT2D eigenvalue weighted by atomic mass is 10.2. The fraction of sp³-hybridized carbons (Fsp3) is 0.500. The van der Waals surface area contributed by atoms with Crippen molar-refractivity contribution < 1.29 is 0 Å². The van der Waals surface area contributed by atoms with Crippen molar-refractivity contribution in [3.05, 3.63) is 41.7 Å². The highest BCUT2D eigenvalue weighted by molar-refractivity contribution is 14.0. The first-order valence-corrected chi connectivity index (χ1v) is 9.44. The number of piperazine rings is 1. The summed E-state index contributed by atoms with van der Waals surface area (Å²) < 4.78 is 2.11. The maximum Gasteiger partial charge on any atom is 0.204 e. The van der Waals surface area contributed by atoms with E-state index in [1.807, 2.05) is 39.3 Å². The Balaban J connectivity index is 0.00000280. The Hall–Kier alpha value is -1.97. The molecule has 1 N–H and O–H groups in total. The van der Waals surface area contributed by atoms with Crippen LogP contribution in [0.2, 0.25) is 0 Å². The number of nitrogens with zero attached hydrogens (tertiary/aromatic N) is 6. The number of benzene rings is 1. The number of hydrogen-bond donors (Lipinski definition) is 1. The summed E-state index contributed by atoms with van der Waals surface area (Å²) in [6, 6.07) is 8.73. The van der Waals surface area contributed by atoms with E-state index in [0.717, 1.165) is 43.8 Å². The zero-order valence-electron chi connectivity index (χ0n) is 17.5. The number of hydrogen-bond acceptors (Lipinski definition) is 4. The number of rotatable bonds is 4. The molecule has 28 heavy (non-hydrogen) atoms. The van der Waals surface area contributed by atoms with Crippen LogP contribution in [0, 0.1) is 6.92 Å². The highest BCUT2D eigenvalue weighted by Crippen LogP contribution is 2.18. The molecule has 0 spiro atoms. The Kier molecular flexibility index (Phi) is 7.97. The van der Waals surface area contributed by atoms with Crippen molar-refractivity contribution in [2.24, 2.45) is 12.0 Å². The Morgan fingerprint density at radius 2 is 1.93 bits per heavy atom. The molecule has 2 heterocycles. The van der Waals surface area contributed by atoms with Gasteiger partial charge >= 0.3 is 0 Å². The highest BCUT2D eigenvalue weighted by atomic mass is 127. The van der Waals surface area contributed by atoms with Crippen LogP contribution in [0.25, 0.3) is 0 Å². The van der Waals surface area contributed by atoms with Crippen LogP contribution >= 0.6 is 24.0 Å². The van der Waals surface area contributed by atoms with Gasteiger partial charge in [-0.3, -0.25) is 4.99 Å². The van der Waals surface area contributed by atoms with Crippen LogP contribution in [0.5, 0.6) is 0 Å². The normalized spacial score (nSPS) is 14.7. The average Bonchev–Trinajstić information content (AvgIpc) is 3.03. The van der Waals surface area contributed by atoms with E-state index in [0.29, 0.717) is 6.54 Å². The summed E-state index contributed by atoms with van der Waals surface area (Å²) in [6.45, 7) is 6.78. The van der Waals surface area contributed by atoms with Crippen molar-refractivity contribution in [3.63, 3.8) is 0 Å². The minimum absolute atomic E-state index is 0. The molecule has 1 aromatic heterocycles. The zero-order valence-corrected chi connectivity index (χ0v) is 19.8. The van der Waals surface area contributed by atoms with Gasteiger partial charge in [0.25, 0.3) is 0 Å². The summed E-state index contributed by atoms with van der Waals surface area (Å²) in [6.07, 6.45) is 1.92. The molecule has 3 rings (SSSR count). The predicted octanol–water partition coefficient (Wildman–Crippen LogP) is 2.31. The van der Waals surface area contributed by atoms with Crippen molar-refractivity contribution in [3.8, 4) is 0 Å². The van der Waals surface area contributed by atoms with E-state index in [1.165, 1.54) is 11.3 Å². The van der Waals surface area contributed by atoms with E-state index in [1.54, 1.807) is 0 Å². The first-order valence-electron chi connectivity index (χ1n) is 9.44. The lowest BCUT2D eigenvalue weighted by Gasteiger charge is -2.37. The lowest BCUT2D eigenvalue weighted by molar-refractivity contribution is 0.372. The Morgan fingerprint density at radius 1 is 1.21 bits per heavy atom. The highest BCUT2D eigenvalue weighted by Gasteiger charge is 2.20. The molecule has 0 unspecified atom stereocenters. The van der Waals surface area contributed by atoms with Gasteiger partial charge in [0, 0.05) is 60.1 Å². The van der Waals surface area contributed by atoms with Crippen molar-refractivity contribution in [1.82, 2.24) is 19.8 Å². The van der Waals surface area contributed by atoms with Crippen molar-refractivity contribution in [2.45, 2.75) is 13.5 Å². The van der Waals surface area contributed by atoms with Gasteiger partial charge < -0.3 is 24.6 Å². The van der Waals surface area contributed by atoms with Gasteiger partial charge in [0.2, 0.25) is 5.95 Å². The van der Waals surface area contributed by atoms with Crippen LogP contribution in [-0.2, 0) is 13.6 Å². The minimum Gasteiger partial charge on any atom is -0.368 e. The molecule has 1 aliphatic heterocycles. The van der Waals surface area contributed by atoms with Crippen LogP contribution in [0.15, 0.2) is 35.5 Å². The summed E-state index contributed by atoms with van der Waals surface area (Å²) in [5.74, 6) is 1.90. The topological polar surface area (TPSA) is 51.9 Å². The van der Waals surface area contributed by atoms with Gasteiger partial charge in [0.05, 0.1) is 18.4 Å². The molecule has 1 saturated heterocycles. The number of guanidine groups is 1. The summed E-state index contributed by atoms with van der Waals surface area (Å²) in [5, 5.41) is 3.49. The summed E-state index contributed by atoms with van der Waals surface area (Å²) in [5.41, 5.74) is 3.75. The standard InChI is InChI=1S/C20H31N7.HI/c1-16-7-6-8-17(13-16)26-9-11-27(12-10-26)19(21-2)22-14-18-15-23-20(24(3)4)25(18)5;/h6-8,13,15H,9-12,14H2,1-5H3,(H,21,22);1H. The predicted molar refractivity (Wildman–Crippen MR) is 128 cm³/mol. The third-order valence-corrected chi connectivity index (χ3v) is 5.05. The molecule has 0 bridgehead atoms. The molecule has 0 aliphatic carbocycles. The fourth-order valence-corrected chi connectivity index (χ4v) is 3.52. The number of halogens is 1. The van der Waals surface area contributed by atoms with E-state index in [2.05, 4.69) is 60.8 Å². The van der Waals surface area contributed by atoms with E-state index < -0.39 is 0 Å². The number of nitrogens with one attached hydrogen (secondary N) is 1. The molecule has 1 aromatic carbocycles. The molecule has 0 atom stereocenters. The van der Waals surface area contributed by atoms with Crippen LogP contribution in [0.1, 0.15) is 11.3 Å². The number of anilines is 2. The first-order chi connectivity index (χ1) is 13.0. The van der Waals surface area contributed by atoms with E-state index in [4.69, 9.17) is 0 Å². The SMILES string of the molecule is CN=C(NCc1cnc(N(C)C)n1C)N1CCN(c2cccc(C)c2)CC1.I. The molecule has 7 nitrogen and oxygen atoms in total. The van der Waals surface area contributed by atoms with Crippen molar-refractivity contribution >= 4 is 41.6 Å². The Morgan fingerprint density at radius 3 is 2.50 bits per heavy atom. The van der Waals surface area contributed by atoms with Gasteiger partial charge in [0.15, 0.2) is 5.96 Å². The Labute approximate surface area is 185 Å². The lowest BCUT2D eigenvalue weighted by Crippen LogP contribution is -2.52. The summed E-state index contributed by atoms with van der Waals surface area (Å²) in [7, 11) is 7.91. The average molecular weight is 497 g/mol. The second kappa shape index (κ2) is 9.99. The second-order valence-corrected chi connectivity index (χ2v) is 7.22. The number of aliphatic imine (C=N–C) groups is 1. The van der Waals surface area contributed by atoms with Gasteiger partial charge in [0.1, 0.15) is 0 Å². The summed E-state index contributed by atoms with van der Waals surface area (Å²) in [4.78, 5) is 15.7. The van der Waals surface area contributed by atoms with Gasteiger partial charge in [-0.05, 0) is 24.6 Å². The molecule has 1 aliphatic rings. The fourth-order valence-electron chi connectivity index (χ4n) is 3.52. The third-order valence-electron chi connectivity index (χ3n) is 5.05. The molecule has 0 saturated carbocycles. The maximum absolute atomic E-state index is 4.48. The second-order valence-electron chi connectivity index (χ2n) is 7.22. The van der Waals surface area contributed by atoms with Gasteiger partial charge in [-0.25, -0.2) is 4.98 Å². The number of imidazole rings is 1. The number of aryl methyl sites for hydroxylation is 1. The van der Waals surface area contributed by atoms with Gasteiger partial charge in [-0.15, -0.1) is 24.0 Å². The van der Waals surface area contributed by atoms with Crippen molar-refractivity contribution in [2.75, 3.05) is 57.1 Å². The first kappa shape index (κ1) is 22.3. The van der Waals surface area contributed by atoms with E-state index in [9.17, 15) is 0 Å². The van der Waals surface area contributed by atoms with Gasteiger partial charge in [-0.1, -0.05) is 12.1 Å². The zero-order chi connectivity index (χ0) is 19.4. The molecule has 8 heteroatoms. The van der Waals surface area contributed by atoms with Crippen LogP contribution in [0.3, 0.4) is 0 Å². The Bertz CT molecular complexity index is 792. The monoisotopic (exact) mass is 497 g/mol. The molecule has 0 amide bonds. The quantitative estimate of drug-likeness (QED) is 0.399. The van der Waals surface area contributed by atoms with E-state index >= 15 is 0 Å². The molecular weight excluding hydrogens is 465 g/mol. The molecule has 2 aromatic rings. The number of aromatic nitrogens is 2. The largest absolute Gasteiger partial charge is 0.368 e. The smallest absolute Gasteiger partial charge is 0.204 e. The van der Waals surface area contributed by atoms with Crippen LogP contribution in [-0.4, -0.2) is 67.7 Å². The maximum atomic E-state index is 4.48. The van der Waals surface area contributed by atoms with Crippen LogP contribution < -0.4 is 15.1 Å².